The fourth-order valence-corrected chi connectivity index (χ4v) is 3.79. The molecule has 1 N–H and O–H groups in total. The summed E-state index contributed by atoms with van der Waals surface area (Å²) in [5, 5.41) is 11.0. The lowest BCUT2D eigenvalue weighted by Gasteiger charge is -2.04. The van der Waals surface area contributed by atoms with E-state index in [4.69, 9.17) is 0 Å². The molecule has 3 heterocycles. The van der Waals surface area contributed by atoms with Crippen LogP contribution in [0.1, 0.15) is 17.0 Å². The number of aromatic nitrogens is 4. The Hall–Kier alpha value is -3.06. The Morgan fingerprint density at radius 1 is 1.22 bits per heavy atom. The summed E-state index contributed by atoms with van der Waals surface area (Å²) >= 11 is 1.55. The average Bonchev–Trinajstić information content (AvgIpc) is 3.20. The number of rotatable bonds is 4. The number of thiazole rings is 1. The van der Waals surface area contributed by atoms with Crippen LogP contribution in [0.15, 0.2) is 41.9 Å². The Bertz CT molecular complexity index is 1130. The fourth-order valence-electron chi connectivity index (χ4n) is 2.96. The summed E-state index contributed by atoms with van der Waals surface area (Å²) in [6.07, 6.45) is 1.88. The Morgan fingerprint density at radius 3 is 2.78 bits per heavy atom. The molecule has 7 heteroatoms. The second-order valence-electron chi connectivity index (χ2n) is 6.54. The first-order valence-corrected chi connectivity index (χ1v) is 9.48. The van der Waals surface area contributed by atoms with Crippen LogP contribution in [0.2, 0.25) is 0 Å². The van der Waals surface area contributed by atoms with Crippen LogP contribution in [0.3, 0.4) is 0 Å². The minimum atomic E-state index is -0.113. The lowest BCUT2D eigenvalue weighted by molar-refractivity contribution is -0.115. The highest BCUT2D eigenvalue weighted by Gasteiger charge is 2.12. The van der Waals surface area contributed by atoms with Crippen molar-refractivity contribution in [3.8, 4) is 10.6 Å². The molecule has 0 aliphatic carbocycles. The first kappa shape index (κ1) is 17.4. The van der Waals surface area contributed by atoms with Gasteiger partial charge in [0.05, 0.1) is 29.7 Å². The maximum atomic E-state index is 12.4. The zero-order valence-electron chi connectivity index (χ0n) is 15.4. The minimum Gasteiger partial charge on any atom is -0.324 e. The number of fused-ring (bicyclic) bond motifs is 1. The molecule has 0 saturated heterocycles. The van der Waals surface area contributed by atoms with Crippen LogP contribution in [0, 0.1) is 13.8 Å². The molecule has 0 fully saturated rings. The number of anilines is 1. The zero-order valence-corrected chi connectivity index (χ0v) is 16.2. The molecule has 0 aliphatic rings. The molecule has 0 unspecified atom stereocenters. The van der Waals surface area contributed by atoms with Gasteiger partial charge in [0.15, 0.2) is 5.65 Å². The van der Waals surface area contributed by atoms with E-state index in [9.17, 15) is 4.79 Å². The van der Waals surface area contributed by atoms with E-state index in [0.29, 0.717) is 5.69 Å². The first-order chi connectivity index (χ1) is 13.0. The Labute approximate surface area is 160 Å². The average molecular weight is 377 g/mol. The van der Waals surface area contributed by atoms with Crippen LogP contribution in [0.4, 0.5) is 5.69 Å². The monoisotopic (exact) mass is 377 g/mol. The van der Waals surface area contributed by atoms with Crippen molar-refractivity contribution in [2.45, 2.75) is 20.3 Å². The molecule has 27 heavy (non-hydrogen) atoms. The Balaban J connectivity index is 1.47. The molecule has 4 aromatic rings. The van der Waals surface area contributed by atoms with Gasteiger partial charge in [0.2, 0.25) is 5.91 Å². The third kappa shape index (κ3) is 3.59. The van der Waals surface area contributed by atoms with Gasteiger partial charge in [-0.2, -0.15) is 5.10 Å². The van der Waals surface area contributed by atoms with Gasteiger partial charge in [0.25, 0.3) is 0 Å². The minimum absolute atomic E-state index is 0.113. The molecule has 0 atom stereocenters. The molecule has 0 saturated carbocycles. The van der Waals surface area contributed by atoms with E-state index in [1.54, 1.807) is 22.2 Å². The van der Waals surface area contributed by atoms with Gasteiger partial charge < -0.3 is 5.32 Å². The lowest BCUT2D eigenvalue weighted by atomic mass is 10.2. The third-order valence-corrected chi connectivity index (χ3v) is 5.28. The molecule has 0 aliphatic heterocycles. The highest BCUT2D eigenvalue weighted by atomic mass is 32.1. The Kier molecular flexibility index (Phi) is 4.45. The van der Waals surface area contributed by atoms with Gasteiger partial charge in [-0.1, -0.05) is 29.8 Å². The molecule has 0 radical (unpaired) electrons. The van der Waals surface area contributed by atoms with Gasteiger partial charge in [0.1, 0.15) is 5.01 Å². The summed E-state index contributed by atoms with van der Waals surface area (Å²) < 4.78 is 1.73. The molecule has 0 spiro atoms. The van der Waals surface area contributed by atoms with E-state index in [1.807, 2.05) is 25.4 Å². The van der Waals surface area contributed by atoms with E-state index in [1.165, 1.54) is 5.56 Å². The molecule has 4 rings (SSSR count). The second-order valence-corrected chi connectivity index (χ2v) is 7.40. The topological polar surface area (TPSA) is 72.7 Å². The normalized spacial score (nSPS) is 11.1. The summed E-state index contributed by atoms with van der Waals surface area (Å²) in [5.41, 5.74) is 5.40. The molecule has 0 bridgehead atoms. The van der Waals surface area contributed by atoms with Crippen molar-refractivity contribution in [2.24, 2.45) is 7.05 Å². The van der Waals surface area contributed by atoms with Gasteiger partial charge >= 0.3 is 0 Å². The van der Waals surface area contributed by atoms with E-state index < -0.39 is 0 Å². The molecule has 1 aromatic carbocycles. The van der Waals surface area contributed by atoms with Crippen LogP contribution in [-0.4, -0.2) is 25.7 Å². The predicted octanol–water partition coefficient (Wildman–Crippen LogP) is 3.89. The van der Waals surface area contributed by atoms with Crippen molar-refractivity contribution in [1.29, 1.82) is 0 Å². The summed E-state index contributed by atoms with van der Waals surface area (Å²) in [6.45, 7) is 3.98. The number of aryl methyl sites for hydroxylation is 3. The second kappa shape index (κ2) is 6.92. The maximum absolute atomic E-state index is 12.4. The lowest BCUT2D eigenvalue weighted by Crippen LogP contribution is -2.14. The summed E-state index contributed by atoms with van der Waals surface area (Å²) in [4.78, 5) is 21.4. The molecular formula is C20H19N5OS. The quantitative estimate of drug-likeness (QED) is 0.586. The fraction of sp³-hybridized carbons (Fsp3) is 0.200. The van der Waals surface area contributed by atoms with Crippen molar-refractivity contribution in [3.05, 3.63) is 58.9 Å². The number of carbonyl (C=O) groups excluding carboxylic acids is 1. The van der Waals surface area contributed by atoms with Gasteiger partial charge in [-0.25, -0.2) is 9.97 Å². The van der Waals surface area contributed by atoms with Gasteiger partial charge in [-0.05, 0) is 19.9 Å². The molecule has 3 aromatic heterocycles. The van der Waals surface area contributed by atoms with Crippen LogP contribution in [-0.2, 0) is 18.3 Å². The van der Waals surface area contributed by atoms with E-state index in [2.05, 4.69) is 51.6 Å². The number of hydrogen-bond donors (Lipinski definition) is 1. The van der Waals surface area contributed by atoms with Crippen molar-refractivity contribution in [1.82, 2.24) is 19.7 Å². The number of nitrogens with one attached hydrogen (secondary N) is 1. The summed E-state index contributed by atoms with van der Waals surface area (Å²) in [7, 11) is 1.86. The van der Waals surface area contributed by atoms with Crippen molar-refractivity contribution < 1.29 is 4.79 Å². The highest BCUT2D eigenvalue weighted by molar-refractivity contribution is 7.13. The smallest absolute Gasteiger partial charge is 0.230 e. The van der Waals surface area contributed by atoms with Crippen LogP contribution in [0.25, 0.3) is 21.6 Å². The van der Waals surface area contributed by atoms with E-state index in [-0.39, 0.29) is 12.3 Å². The summed E-state index contributed by atoms with van der Waals surface area (Å²) in [6, 6.07) is 10.1. The van der Waals surface area contributed by atoms with Crippen molar-refractivity contribution in [2.75, 3.05) is 5.32 Å². The molecular weight excluding hydrogens is 358 g/mol. The SMILES string of the molecule is Cc1ccc(-c2nc(CC(=O)Nc3cnc4c(c3)c(C)nn4C)cs2)cc1. The van der Waals surface area contributed by atoms with Gasteiger partial charge in [0, 0.05) is 23.4 Å². The first-order valence-electron chi connectivity index (χ1n) is 8.60. The van der Waals surface area contributed by atoms with Gasteiger partial charge in [-0.3, -0.25) is 9.48 Å². The Morgan fingerprint density at radius 2 is 2.00 bits per heavy atom. The van der Waals surface area contributed by atoms with Gasteiger partial charge in [-0.15, -0.1) is 11.3 Å². The van der Waals surface area contributed by atoms with Crippen LogP contribution < -0.4 is 5.32 Å². The van der Waals surface area contributed by atoms with Crippen LogP contribution in [0.5, 0.6) is 0 Å². The van der Waals surface area contributed by atoms with Crippen molar-refractivity contribution >= 4 is 34.0 Å². The number of pyridine rings is 1. The number of amides is 1. The number of benzene rings is 1. The number of carbonyl (C=O) groups is 1. The number of nitrogens with zero attached hydrogens (tertiary/aromatic N) is 4. The highest BCUT2D eigenvalue weighted by Crippen LogP contribution is 2.24. The molecule has 136 valence electrons. The van der Waals surface area contributed by atoms with Crippen molar-refractivity contribution in [3.63, 3.8) is 0 Å². The van der Waals surface area contributed by atoms with E-state index >= 15 is 0 Å². The van der Waals surface area contributed by atoms with E-state index in [0.717, 1.165) is 33.0 Å². The zero-order chi connectivity index (χ0) is 19.0. The summed E-state index contributed by atoms with van der Waals surface area (Å²) in [5.74, 6) is -0.113. The third-order valence-electron chi connectivity index (χ3n) is 4.34. The largest absolute Gasteiger partial charge is 0.324 e. The predicted molar refractivity (Wildman–Crippen MR) is 108 cm³/mol. The standard InChI is InChI=1S/C20H19N5OS/c1-12-4-6-14(7-5-12)20-23-16(11-27-20)9-18(26)22-15-8-17-13(2)24-25(3)19(17)21-10-15/h4-8,10-11H,9H2,1-3H3,(H,22,26). The molecule has 1 amide bonds. The maximum Gasteiger partial charge on any atom is 0.230 e. The number of hydrogen-bond acceptors (Lipinski definition) is 5. The molecule has 6 nitrogen and oxygen atoms in total. The van der Waals surface area contributed by atoms with Crippen LogP contribution >= 0.6 is 11.3 Å².